The Bertz CT molecular complexity index is 598. The van der Waals surface area contributed by atoms with E-state index in [0.29, 0.717) is 12.3 Å². The monoisotopic (exact) mass is 245 g/mol. The molecule has 1 heterocycles. The van der Waals surface area contributed by atoms with Crippen LogP contribution in [0.5, 0.6) is 0 Å². The number of carbonyl (C=O) groups is 1. The third kappa shape index (κ3) is 2.10. The number of carboxylic acids is 1. The minimum absolute atomic E-state index is 0.378. The third-order valence-corrected chi connectivity index (χ3v) is 3.36. The molecule has 4 nitrogen and oxygen atoms in total. The Hall–Kier alpha value is -1.84. The fraction of sp³-hybridized carbons (Fsp3) is 0.429. The molecule has 1 saturated carbocycles. The van der Waals surface area contributed by atoms with Gasteiger partial charge in [0.25, 0.3) is 0 Å². The highest BCUT2D eigenvalue weighted by Crippen LogP contribution is 2.40. The minimum Gasteiger partial charge on any atom is -0.481 e. The van der Waals surface area contributed by atoms with E-state index in [1.54, 1.807) is 6.92 Å². The molecule has 0 saturated heterocycles. The van der Waals surface area contributed by atoms with Gasteiger partial charge in [-0.25, -0.2) is 4.98 Å². The number of aliphatic carboxylic acids is 1. The summed E-state index contributed by atoms with van der Waals surface area (Å²) in [6.45, 7) is 1.71. The first-order chi connectivity index (χ1) is 8.63. The zero-order valence-electron chi connectivity index (χ0n) is 10.2. The van der Waals surface area contributed by atoms with Crippen LogP contribution in [0.2, 0.25) is 0 Å². The topological polar surface area (TPSA) is 63.3 Å². The van der Waals surface area contributed by atoms with Crippen molar-refractivity contribution >= 4 is 17.1 Å². The molecule has 1 aliphatic rings. The van der Waals surface area contributed by atoms with Crippen molar-refractivity contribution in [1.29, 1.82) is 0 Å². The number of fused-ring (bicyclic) bond motifs is 1. The maximum absolute atomic E-state index is 10.8. The van der Waals surface area contributed by atoms with Crippen molar-refractivity contribution in [2.75, 3.05) is 0 Å². The molecule has 1 N–H and O–H groups in total. The van der Waals surface area contributed by atoms with Crippen LogP contribution in [0.15, 0.2) is 22.6 Å². The summed E-state index contributed by atoms with van der Waals surface area (Å²) in [6, 6.07) is 5.74. The number of rotatable bonds is 4. The maximum Gasteiger partial charge on any atom is 0.306 e. The largest absolute Gasteiger partial charge is 0.481 e. The zero-order valence-corrected chi connectivity index (χ0v) is 10.2. The number of hydrogen-bond donors (Lipinski definition) is 1. The van der Waals surface area contributed by atoms with Crippen molar-refractivity contribution in [3.8, 4) is 0 Å². The normalized spacial score (nSPS) is 16.9. The molecule has 2 aromatic rings. The first-order valence-electron chi connectivity index (χ1n) is 6.25. The van der Waals surface area contributed by atoms with Gasteiger partial charge in [0.2, 0.25) is 0 Å². The van der Waals surface area contributed by atoms with Crippen LogP contribution in [0.25, 0.3) is 11.1 Å². The van der Waals surface area contributed by atoms with E-state index in [1.165, 1.54) is 0 Å². The highest BCUT2D eigenvalue weighted by molar-refractivity contribution is 5.74. The fourth-order valence-corrected chi connectivity index (χ4v) is 2.06. The molecule has 1 aliphatic carbocycles. The van der Waals surface area contributed by atoms with E-state index in [-0.39, 0.29) is 5.92 Å². The second-order valence-corrected chi connectivity index (χ2v) is 5.07. The number of oxazole rings is 1. The van der Waals surface area contributed by atoms with Gasteiger partial charge in [-0.1, -0.05) is 13.0 Å². The van der Waals surface area contributed by atoms with Crippen LogP contribution < -0.4 is 0 Å². The van der Waals surface area contributed by atoms with Crippen LogP contribution >= 0.6 is 0 Å². The summed E-state index contributed by atoms with van der Waals surface area (Å²) in [5, 5.41) is 8.91. The third-order valence-electron chi connectivity index (χ3n) is 3.36. The average Bonchev–Trinajstić information content (AvgIpc) is 3.09. The first kappa shape index (κ1) is 11.3. The lowest BCUT2D eigenvalue weighted by molar-refractivity contribution is -0.141. The minimum atomic E-state index is -0.770. The second kappa shape index (κ2) is 4.12. The molecule has 0 amide bonds. The molecule has 1 fully saturated rings. The molecule has 3 rings (SSSR count). The quantitative estimate of drug-likeness (QED) is 0.899. The maximum atomic E-state index is 10.8. The standard InChI is InChI=1S/C14H15NO3/c1-8(14(16)17)6-9-2-5-12-11(7-9)15-13(18-12)10-3-4-10/h2,5,7-8,10H,3-4,6H2,1H3,(H,16,17). The molecule has 4 heteroatoms. The highest BCUT2D eigenvalue weighted by atomic mass is 16.4. The van der Waals surface area contributed by atoms with Gasteiger partial charge in [0.1, 0.15) is 5.52 Å². The molecule has 94 valence electrons. The summed E-state index contributed by atoms with van der Waals surface area (Å²) in [6.07, 6.45) is 2.85. The Morgan fingerprint density at radius 2 is 2.33 bits per heavy atom. The van der Waals surface area contributed by atoms with Gasteiger partial charge in [0.05, 0.1) is 5.92 Å². The van der Waals surface area contributed by atoms with Gasteiger partial charge in [0, 0.05) is 5.92 Å². The summed E-state index contributed by atoms with van der Waals surface area (Å²) in [7, 11) is 0. The fourth-order valence-electron chi connectivity index (χ4n) is 2.06. The summed E-state index contributed by atoms with van der Waals surface area (Å²) in [5.74, 6) is 0.179. The molecular formula is C14H15NO3. The lowest BCUT2D eigenvalue weighted by Crippen LogP contribution is -2.12. The number of aromatic nitrogens is 1. The van der Waals surface area contributed by atoms with Crippen LogP contribution in [0.1, 0.15) is 37.1 Å². The molecule has 0 aliphatic heterocycles. The number of nitrogens with zero attached hydrogens (tertiary/aromatic N) is 1. The predicted octanol–water partition coefficient (Wildman–Crippen LogP) is 2.97. The molecule has 1 atom stereocenters. The molecule has 0 bridgehead atoms. The molecule has 1 aromatic carbocycles. The SMILES string of the molecule is CC(Cc1ccc2oc(C3CC3)nc2c1)C(=O)O. The van der Waals surface area contributed by atoms with Crippen LogP contribution in [-0.2, 0) is 11.2 Å². The average molecular weight is 245 g/mol. The van der Waals surface area contributed by atoms with E-state index < -0.39 is 5.97 Å². The van der Waals surface area contributed by atoms with Crippen molar-refractivity contribution < 1.29 is 14.3 Å². The summed E-state index contributed by atoms with van der Waals surface area (Å²) < 4.78 is 5.67. The highest BCUT2D eigenvalue weighted by Gasteiger charge is 2.28. The van der Waals surface area contributed by atoms with Gasteiger partial charge in [0.15, 0.2) is 11.5 Å². The predicted molar refractivity (Wildman–Crippen MR) is 66.5 cm³/mol. The number of carboxylic acid groups (broad SMARTS) is 1. The van der Waals surface area contributed by atoms with Crippen molar-refractivity contribution in [1.82, 2.24) is 4.98 Å². The zero-order chi connectivity index (χ0) is 12.7. The second-order valence-electron chi connectivity index (χ2n) is 5.07. The van der Waals surface area contributed by atoms with Gasteiger partial charge in [-0.2, -0.15) is 0 Å². The number of benzene rings is 1. The van der Waals surface area contributed by atoms with E-state index >= 15 is 0 Å². The molecule has 1 unspecified atom stereocenters. The van der Waals surface area contributed by atoms with Crippen molar-refractivity contribution in [2.45, 2.75) is 32.1 Å². The van der Waals surface area contributed by atoms with E-state index in [0.717, 1.165) is 35.4 Å². The Kier molecular flexibility index (Phi) is 2.58. The van der Waals surface area contributed by atoms with Crippen molar-refractivity contribution in [3.63, 3.8) is 0 Å². The Morgan fingerprint density at radius 3 is 3.00 bits per heavy atom. The van der Waals surface area contributed by atoms with Gasteiger partial charge < -0.3 is 9.52 Å². The summed E-state index contributed by atoms with van der Waals surface area (Å²) in [4.78, 5) is 15.3. The lowest BCUT2D eigenvalue weighted by Gasteiger charge is -2.05. The van der Waals surface area contributed by atoms with Crippen LogP contribution in [0, 0.1) is 5.92 Å². The van der Waals surface area contributed by atoms with Gasteiger partial charge in [-0.05, 0) is 37.0 Å². The molecule has 18 heavy (non-hydrogen) atoms. The van der Waals surface area contributed by atoms with Crippen LogP contribution in [0.4, 0.5) is 0 Å². The van der Waals surface area contributed by atoms with Gasteiger partial charge >= 0.3 is 5.97 Å². The Morgan fingerprint density at radius 1 is 1.56 bits per heavy atom. The smallest absolute Gasteiger partial charge is 0.306 e. The van der Waals surface area contributed by atoms with Crippen LogP contribution in [0.3, 0.4) is 0 Å². The lowest BCUT2D eigenvalue weighted by atomic mass is 10.0. The van der Waals surface area contributed by atoms with Crippen LogP contribution in [-0.4, -0.2) is 16.1 Å². The Labute approximate surface area is 105 Å². The summed E-state index contributed by atoms with van der Waals surface area (Å²) >= 11 is 0. The first-order valence-corrected chi connectivity index (χ1v) is 6.25. The summed E-state index contributed by atoms with van der Waals surface area (Å²) in [5.41, 5.74) is 2.63. The van der Waals surface area contributed by atoms with E-state index in [9.17, 15) is 4.79 Å². The van der Waals surface area contributed by atoms with Gasteiger partial charge in [-0.3, -0.25) is 4.79 Å². The van der Waals surface area contributed by atoms with E-state index in [2.05, 4.69) is 4.98 Å². The van der Waals surface area contributed by atoms with E-state index in [4.69, 9.17) is 9.52 Å². The van der Waals surface area contributed by atoms with Gasteiger partial charge in [-0.15, -0.1) is 0 Å². The van der Waals surface area contributed by atoms with E-state index in [1.807, 2.05) is 18.2 Å². The molecule has 0 spiro atoms. The number of hydrogen-bond acceptors (Lipinski definition) is 3. The molecular weight excluding hydrogens is 230 g/mol. The molecule has 1 aromatic heterocycles. The molecule has 0 radical (unpaired) electrons. The van der Waals surface area contributed by atoms with Crippen molar-refractivity contribution in [3.05, 3.63) is 29.7 Å². The van der Waals surface area contributed by atoms with Crippen molar-refractivity contribution in [2.24, 2.45) is 5.92 Å². The Balaban J connectivity index is 1.87.